The summed E-state index contributed by atoms with van der Waals surface area (Å²) < 4.78 is 5.72. The van der Waals surface area contributed by atoms with Gasteiger partial charge in [-0.15, -0.1) is 0 Å². The summed E-state index contributed by atoms with van der Waals surface area (Å²) in [4.78, 5) is 14.4. The zero-order valence-electron chi connectivity index (χ0n) is 13.4. The number of ether oxygens (including phenoxy) is 1. The SMILES string of the molecule is CCc1cccc(CC)c1OC(=O)C(C)N(CC)CC. The molecular weight excluding hydrogens is 250 g/mol. The minimum atomic E-state index is -0.209. The van der Waals surface area contributed by atoms with E-state index in [0.717, 1.165) is 42.8 Å². The first kappa shape index (κ1) is 16.7. The van der Waals surface area contributed by atoms with Crippen LogP contribution < -0.4 is 4.74 Å². The first-order chi connectivity index (χ1) is 9.58. The van der Waals surface area contributed by atoms with Crippen molar-refractivity contribution >= 4 is 5.97 Å². The van der Waals surface area contributed by atoms with Crippen LogP contribution in [0.5, 0.6) is 5.75 Å². The van der Waals surface area contributed by atoms with E-state index in [4.69, 9.17) is 4.74 Å². The number of rotatable bonds is 7. The van der Waals surface area contributed by atoms with E-state index in [9.17, 15) is 4.79 Å². The number of nitrogens with zero attached hydrogens (tertiary/aromatic N) is 1. The second-order valence-corrected chi connectivity index (χ2v) is 4.93. The number of hydrogen-bond donors (Lipinski definition) is 0. The van der Waals surface area contributed by atoms with Crippen LogP contribution in [0.25, 0.3) is 0 Å². The summed E-state index contributed by atoms with van der Waals surface area (Å²) in [5.41, 5.74) is 2.20. The van der Waals surface area contributed by atoms with E-state index < -0.39 is 0 Å². The van der Waals surface area contributed by atoms with Gasteiger partial charge >= 0.3 is 5.97 Å². The van der Waals surface area contributed by atoms with Crippen LogP contribution in [0.4, 0.5) is 0 Å². The molecule has 0 heterocycles. The molecule has 0 aliphatic heterocycles. The summed E-state index contributed by atoms with van der Waals surface area (Å²) in [5, 5.41) is 0. The van der Waals surface area contributed by atoms with Crippen molar-refractivity contribution < 1.29 is 9.53 Å². The average Bonchev–Trinajstić information content (AvgIpc) is 2.48. The zero-order valence-corrected chi connectivity index (χ0v) is 13.4. The molecule has 1 unspecified atom stereocenters. The second kappa shape index (κ2) is 8.05. The molecule has 3 heteroatoms. The third-order valence-corrected chi connectivity index (χ3v) is 3.84. The van der Waals surface area contributed by atoms with Gasteiger partial charge < -0.3 is 4.74 Å². The van der Waals surface area contributed by atoms with E-state index in [0.29, 0.717) is 0 Å². The predicted octanol–water partition coefficient (Wildman–Crippen LogP) is 3.45. The Morgan fingerprint density at radius 1 is 1.10 bits per heavy atom. The lowest BCUT2D eigenvalue weighted by Gasteiger charge is -2.25. The third kappa shape index (κ3) is 3.83. The van der Waals surface area contributed by atoms with Gasteiger partial charge in [-0.05, 0) is 44.0 Å². The molecule has 0 fully saturated rings. The third-order valence-electron chi connectivity index (χ3n) is 3.84. The highest BCUT2D eigenvalue weighted by Gasteiger charge is 2.22. The minimum absolute atomic E-state index is 0.163. The number of aryl methyl sites for hydroxylation is 2. The summed E-state index contributed by atoms with van der Waals surface area (Å²) in [5.74, 6) is 0.603. The molecule has 1 aromatic rings. The lowest BCUT2D eigenvalue weighted by molar-refractivity contribution is -0.139. The van der Waals surface area contributed by atoms with Gasteiger partial charge in [0.2, 0.25) is 0 Å². The monoisotopic (exact) mass is 277 g/mol. The molecule has 3 nitrogen and oxygen atoms in total. The van der Waals surface area contributed by atoms with Gasteiger partial charge in [0.15, 0.2) is 0 Å². The molecule has 0 aliphatic carbocycles. The molecule has 112 valence electrons. The normalized spacial score (nSPS) is 12.5. The summed E-state index contributed by atoms with van der Waals surface area (Å²) in [6.45, 7) is 11.9. The van der Waals surface area contributed by atoms with Crippen molar-refractivity contribution in [3.05, 3.63) is 29.3 Å². The minimum Gasteiger partial charge on any atom is -0.425 e. The van der Waals surface area contributed by atoms with Gasteiger partial charge in [-0.1, -0.05) is 45.9 Å². The molecular formula is C17H27NO2. The smallest absolute Gasteiger partial charge is 0.328 e. The molecule has 0 saturated carbocycles. The highest BCUT2D eigenvalue weighted by atomic mass is 16.5. The lowest BCUT2D eigenvalue weighted by atomic mass is 10.0. The molecule has 0 aliphatic rings. The summed E-state index contributed by atoms with van der Waals surface area (Å²) in [6.07, 6.45) is 1.74. The fourth-order valence-electron chi connectivity index (χ4n) is 2.43. The Labute approximate surface area is 122 Å². The van der Waals surface area contributed by atoms with Crippen LogP contribution in [0.1, 0.15) is 45.7 Å². The lowest BCUT2D eigenvalue weighted by Crippen LogP contribution is -2.41. The fraction of sp³-hybridized carbons (Fsp3) is 0.588. The number of carbonyl (C=O) groups is 1. The average molecular weight is 277 g/mol. The van der Waals surface area contributed by atoms with E-state index in [1.807, 2.05) is 25.1 Å². The molecule has 20 heavy (non-hydrogen) atoms. The molecule has 0 radical (unpaired) electrons. The van der Waals surface area contributed by atoms with E-state index in [1.54, 1.807) is 0 Å². The van der Waals surface area contributed by atoms with Crippen molar-refractivity contribution in [2.75, 3.05) is 13.1 Å². The second-order valence-electron chi connectivity index (χ2n) is 4.93. The van der Waals surface area contributed by atoms with Gasteiger partial charge in [0.05, 0.1) is 0 Å². The molecule has 0 saturated heterocycles. The van der Waals surface area contributed by atoms with Crippen molar-refractivity contribution in [2.24, 2.45) is 0 Å². The first-order valence-corrected chi connectivity index (χ1v) is 7.65. The quantitative estimate of drug-likeness (QED) is 0.565. The Kier molecular flexibility index (Phi) is 6.73. The molecule has 0 aromatic heterocycles. The molecule has 1 atom stereocenters. The maximum atomic E-state index is 12.3. The number of hydrogen-bond acceptors (Lipinski definition) is 3. The van der Waals surface area contributed by atoms with Gasteiger partial charge in [0, 0.05) is 0 Å². The van der Waals surface area contributed by atoms with Gasteiger partial charge in [-0.3, -0.25) is 4.90 Å². The Balaban J connectivity index is 2.95. The van der Waals surface area contributed by atoms with E-state index in [-0.39, 0.29) is 12.0 Å². The van der Waals surface area contributed by atoms with Crippen molar-refractivity contribution in [3.8, 4) is 5.75 Å². The van der Waals surface area contributed by atoms with Crippen LogP contribution in [-0.2, 0) is 17.6 Å². The molecule has 0 spiro atoms. The van der Waals surface area contributed by atoms with Gasteiger partial charge in [0.25, 0.3) is 0 Å². The van der Waals surface area contributed by atoms with E-state index in [1.165, 1.54) is 0 Å². The number of carbonyl (C=O) groups excluding carboxylic acids is 1. The number of para-hydroxylation sites is 1. The van der Waals surface area contributed by atoms with Gasteiger partial charge in [0.1, 0.15) is 11.8 Å². The number of esters is 1. The topological polar surface area (TPSA) is 29.5 Å². The van der Waals surface area contributed by atoms with Crippen LogP contribution in [0, 0.1) is 0 Å². The summed E-state index contributed by atoms with van der Waals surface area (Å²) in [7, 11) is 0. The van der Waals surface area contributed by atoms with Crippen LogP contribution in [-0.4, -0.2) is 30.0 Å². The zero-order chi connectivity index (χ0) is 15.1. The van der Waals surface area contributed by atoms with Crippen LogP contribution in [0.2, 0.25) is 0 Å². The van der Waals surface area contributed by atoms with Crippen molar-refractivity contribution in [2.45, 2.75) is 53.5 Å². The Hall–Kier alpha value is -1.35. The Morgan fingerprint density at radius 2 is 1.60 bits per heavy atom. The largest absolute Gasteiger partial charge is 0.425 e. The predicted molar refractivity (Wildman–Crippen MR) is 83.2 cm³/mol. The molecule has 0 bridgehead atoms. The first-order valence-electron chi connectivity index (χ1n) is 7.65. The van der Waals surface area contributed by atoms with Crippen LogP contribution >= 0.6 is 0 Å². The van der Waals surface area contributed by atoms with Crippen LogP contribution in [0.3, 0.4) is 0 Å². The van der Waals surface area contributed by atoms with Crippen molar-refractivity contribution in [3.63, 3.8) is 0 Å². The maximum absolute atomic E-state index is 12.3. The Morgan fingerprint density at radius 3 is 2.00 bits per heavy atom. The van der Waals surface area contributed by atoms with E-state index >= 15 is 0 Å². The molecule has 0 N–H and O–H groups in total. The highest BCUT2D eigenvalue weighted by Crippen LogP contribution is 2.26. The summed E-state index contributed by atoms with van der Waals surface area (Å²) >= 11 is 0. The van der Waals surface area contributed by atoms with Gasteiger partial charge in [-0.2, -0.15) is 0 Å². The molecule has 1 aromatic carbocycles. The fourth-order valence-corrected chi connectivity index (χ4v) is 2.43. The molecule has 1 rings (SSSR count). The number of benzene rings is 1. The van der Waals surface area contributed by atoms with Crippen LogP contribution in [0.15, 0.2) is 18.2 Å². The standard InChI is InChI=1S/C17H27NO2/c1-6-14-11-10-12-15(7-2)16(14)20-17(19)13(5)18(8-3)9-4/h10-13H,6-9H2,1-5H3. The summed E-state index contributed by atoms with van der Waals surface area (Å²) in [6, 6.07) is 5.89. The van der Waals surface area contributed by atoms with Gasteiger partial charge in [-0.25, -0.2) is 4.79 Å². The van der Waals surface area contributed by atoms with Crippen molar-refractivity contribution in [1.29, 1.82) is 0 Å². The van der Waals surface area contributed by atoms with Crippen molar-refractivity contribution in [1.82, 2.24) is 4.90 Å². The maximum Gasteiger partial charge on any atom is 0.328 e. The Bertz CT molecular complexity index is 416. The highest BCUT2D eigenvalue weighted by molar-refractivity contribution is 5.78. The molecule has 0 amide bonds. The van der Waals surface area contributed by atoms with E-state index in [2.05, 4.69) is 32.6 Å². The number of likely N-dealkylation sites (N-methyl/N-ethyl adjacent to an activating group) is 1.